The predicted octanol–water partition coefficient (Wildman–Crippen LogP) is 1.82. The van der Waals surface area contributed by atoms with E-state index < -0.39 is 9.84 Å². The quantitative estimate of drug-likeness (QED) is 0.879. The molecular weight excluding hydrogens is 270 g/mol. The molecule has 0 saturated heterocycles. The maximum Gasteiger partial charge on any atom is 0.180 e. The number of anilines is 2. The molecule has 0 aromatic carbocycles. The fraction of sp³-hybridized carbons (Fsp3) is 0.545. The van der Waals surface area contributed by atoms with E-state index in [0.717, 1.165) is 30.4 Å². The molecule has 2 atom stereocenters. The molecule has 0 amide bonds. The Morgan fingerprint density at radius 2 is 2.28 bits per heavy atom. The molecule has 18 heavy (non-hydrogen) atoms. The third kappa shape index (κ3) is 2.31. The SMILES string of the molecule is CCC1CC1Nc1sc(C#N)c(N)c1S(C)(=O)=O. The Kier molecular flexibility index (Phi) is 3.25. The predicted molar refractivity (Wildman–Crippen MR) is 72.4 cm³/mol. The number of hydrogen-bond donors (Lipinski definition) is 2. The lowest BCUT2D eigenvalue weighted by Crippen LogP contribution is -2.08. The van der Waals surface area contributed by atoms with Gasteiger partial charge in [0, 0.05) is 12.3 Å². The summed E-state index contributed by atoms with van der Waals surface area (Å²) in [7, 11) is -3.42. The number of nitrogen functional groups attached to an aromatic ring is 1. The Hall–Kier alpha value is -1.26. The van der Waals surface area contributed by atoms with E-state index in [-0.39, 0.29) is 15.5 Å². The molecule has 0 bridgehead atoms. The number of hydrogen-bond acceptors (Lipinski definition) is 6. The van der Waals surface area contributed by atoms with Crippen LogP contribution in [-0.4, -0.2) is 20.7 Å². The lowest BCUT2D eigenvalue weighted by molar-refractivity contribution is 0.602. The summed E-state index contributed by atoms with van der Waals surface area (Å²) in [6, 6.07) is 2.24. The summed E-state index contributed by atoms with van der Waals surface area (Å²) in [5.74, 6) is 0.589. The van der Waals surface area contributed by atoms with Crippen LogP contribution in [0.2, 0.25) is 0 Å². The standard InChI is InChI=1S/C11H15N3O2S2/c1-3-6-4-7(6)14-11-10(18(2,15)16)9(13)8(5-12)17-11/h6-7,14H,3-4,13H2,1-2H3. The summed E-state index contributed by atoms with van der Waals surface area (Å²) in [4.78, 5) is 0.331. The largest absolute Gasteiger partial charge is 0.396 e. The van der Waals surface area contributed by atoms with Crippen molar-refractivity contribution in [1.82, 2.24) is 0 Å². The van der Waals surface area contributed by atoms with Crippen molar-refractivity contribution in [3.05, 3.63) is 4.88 Å². The third-order valence-electron chi connectivity index (χ3n) is 3.14. The van der Waals surface area contributed by atoms with Gasteiger partial charge in [0.05, 0.1) is 5.69 Å². The van der Waals surface area contributed by atoms with Crippen molar-refractivity contribution in [3.8, 4) is 6.07 Å². The first-order chi connectivity index (χ1) is 8.38. The molecule has 0 spiro atoms. The van der Waals surface area contributed by atoms with Gasteiger partial charge in [0.2, 0.25) is 0 Å². The zero-order valence-corrected chi connectivity index (χ0v) is 11.9. The van der Waals surface area contributed by atoms with E-state index in [1.54, 1.807) is 0 Å². The minimum absolute atomic E-state index is 0.0706. The first-order valence-electron chi connectivity index (χ1n) is 5.67. The van der Waals surface area contributed by atoms with Gasteiger partial charge in [-0.2, -0.15) is 5.26 Å². The van der Waals surface area contributed by atoms with Crippen molar-refractivity contribution in [3.63, 3.8) is 0 Å². The monoisotopic (exact) mass is 285 g/mol. The number of nitrogens with zero attached hydrogens (tertiary/aromatic N) is 1. The van der Waals surface area contributed by atoms with E-state index in [2.05, 4.69) is 12.2 Å². The van der Waals surface area contributed by atoms with Crippen LogP contribution in [0.25, 0.3) is 0 Å². The summed E-state index contributed by atoms with van der Waals surface area (Å²) in [6.45, 7) is 2.10. The van der Waals surface area contributed by atoms with Crippen LogP contribution >= 0.6 is 11.3 Å². The minimum atomic E-state index is -3.42. The highest BCUT2D eigenvalue weighted by molar-refractivity contribution is 7.91. The van der Waals surface area contributed by atoms with E-state index in [4.69, 9.17) is 11.0 Å². The summed E-state index contributed by atoms with van der Waals surface area (Å²) in [5.41, 5.74) is 5.80. The molecule has 0 aliphatic heterocycles. The normalized spacial score (nSPS) is 22.5. The number of sulfone groups is 1. The Bertz CT molecular complexity index is 613. The topological polar surface area (TPSA) is 96.0 Å². The molecule has 0 radical (unpaired) electrons. The highest BCUT2D eigenvalue weighted by Crippen LogP contribution is 2.43. The minimum Gasteiger partial charge on any atom is -0.396 e. The van der Waals surface area contributed by atoms with Crippen LogP contribution in [0.4, 0.5) is 10.7 Å². The second kappa shape index (κ2) is 4.44. The zero-order chi connectivity index (χ0) is 13.5. The van der Waals surface area contributed by atoms with Crippen molar-refractivity contribution in [1.29, 1.82) is 5.26 Å². The first kappa shape index (κ1) is 13.2. The maximum atomic E-state index is 11.7. The molecule has 98 valence electrons. The number of rotatable bonds is 4. The molecule has 1 aliphatic carbocycles. The van der Waals surface area contributed by atoms with Gasteiger partial charge in [-0.15, -0.1) is 11.3 Å². The average molecular weight is 285 g/mol. The van der Waals surface area contributed by atoms with Crippen LogP contribution in [0.5, 0.6) is 0 Å². The lowest BCUT2D eigenvalue weighted by atomic mass is 10.3. The molecule has 1 aromatic rings. The van der Waals surface area contributed by atoms with Gasteiger partial charge >= 0.3 is 0 Å². The van der Waals surface area contributed by atoms with Crippen LogP contribution < -0.4 is 11.1 Å². The molecule has 1 heterocycles. The molecule has 1 fully saturated rings. The van der Waals surface area contributed by atoms with Crippen LogP contribution in [0.1, 0.15) is 24.6 Å². The van der Waals surface area contributed by atoms with E-state index in [1.165, 1.54) is 0 Å². The van der Waals surface area contributed by atoms with Crippen LogP contribution in [0, 0.1) is 17.2 Å². The summed E-state index contributed by atoms with van der Waals surface area (Å²) in [5, 5.41) is 12.6. The Labute approximate surface area is 111 Å². The molecule has 1 aliphatic rings. The summed E-state index contributed by atoms with van der Waals surface area (Å²) in [6.07, 6.45) is 3.22. The molecule has 2 unspecified atom stereocenters. The van der Waals surface area contributed by atoms with E-state index in [1.807, 2.05) is 6.07 Å². The van der Waals surface area contributed by atoms with Crippen molar-refractivity contribution in [2.75, 3.05) is 17.3 Å². The van der Waals surface area contributed by atoms with E-state index in [9.17, 15) is 8.42 Å². The third-order valence-corrected chi connectivity index (χ3v) is 5.47. The zero-order valence-electron chi connectivity index (χ0n) is 10.2. The fourth-order valence-corrected chi connectivity index (χ4v) is 4.43. The maximum absolute atomic E-state index is 11.7. The Balaban J connectivity index is 2.38. The second-order valence-electron chi connectivity index (χ2n) is 4.54. The first-order valence-corrected chi connectivity index (χ1v) is 8.38. The number of thiophene rings is 1. The van der Waals surface area contributed by atoms with Gasteiger partial charge in [-0.1, -0.05) is 13.3 Å². The second-order valence-corrected chi connectivity index (χ2v) is 7.52. The molecule has 5 nitrogen and oxygen atoms in total. The Morgan fingerprint density at radius 3 is 2.72 bits per heavy atom. The molecule has 1 saturated carbocycles. The van der Waals surface area contributed by atoms with Crippen molar-refractivity contribution < 1.29 is 8.42 Å². The van der Waals surface area contributed by atoms with Gasteiger partial charge in [-0.25, -0.2) is 8.42 Å². The summed E-state index contributed by atoms with van der Waals surface area (Å²) < 4.78 is 23.5. The van der Waals surface area contributed by atoms with Crippen molar-refractivity contribution >= 4 is 31.9 Å². The van der Waals surface area contributed by atoms with E-state index in [0.29, 0.717) is 17.0 Å². The van der Waals surface area contributed by atoms with Gasteiger partial charge in [0.25, 0.3) is 0 Å². The molecule has 2 rings (SSSR count). The highest BCUT2D eigenvalue weighted by atomic mass is 32.2. The van der Waals surface area contributed by atoms with Crippen molar-refractivity contribution in [2.45, 2.75) is 30.7 Å². The lowest BCUT2D eigenvalue weighted by Gasteiger charge is -2.05. The van der Waals surface area contributed by atoms with Crippen LogP contribution in [0.3, 0.4) is 0 Å². The van der Waals surface area contributed by atoms with Gasteiger partial charge < -0.3 is 11.1 Å². The smallest absolute Gasteiger partial charge is 0.180 e. The number of nitriles is 1. The number of nitrogens with two attached hydrogens (primary N) is 1. The fourth-order valence-electron chi connectivity index (χ4n) is 2.02. The van der Waals surface area contributed by atoms with Gasteiger partial charge in [0.1, 0.15) is 20.8 Å². The molecule has 1 aromatic heterocycles. The van der Waals surface area contributed by atoms with E-state index >= 15 is 0 Å². The van der Waals surface area contributed by atoms with Gasteiger partial charge in [-0.05, 0) is 12.3 Å². The Morgan fingerprint density at radius 1 is 1.61 bits per heavy atom. The van der Waals surface area contributed by atoms with Crippen LogP contribution in [0.15, 0.2) is 4.90 Å². The van der Waals surface area contributed by atoms with Crippen molar-refractivity contribution in [2.24, 2.45) is 5.92 Å². The van der Waals surface area contributed by atoms with Crippen LogP contribution in [-0.2, 0) is 9.84 Å². The number of nitrogens with one attached hydrogen (secondary N) is 1. The van der Waals surface area contributed by atoms with Gasteiger partial charge in [0.15, 0.2) is 9.84 Å². The average Bonchev–Trinajstić information content (AvgIpc) is 2.93. The summed E-state index contributed by atoms with van der Waals surface area (Å²) >= 11 is 1.12. The molecule has 7 heteroatoms. The van der Waals surface area contributed by atoms with Gasteiger partial charge in [-0.3, -0.25) is 0 Å². The molecule has 3 N–H and O–H groups in total. The highest BCUT2D eigenvalue weighted by Gasteiger charge is 2.37. The molecular formula is C11H15N3O2S2.